The normalized spacial score (nSPS) is 14.9. The zero-order valence-corrected chi connectivity index (χ0v) is 33.0. The van der Waals surface area contributed by atoms with Crippen LogP contribution in [0.2, 0.25) is 52.4 Å². The quantitative estimate of drug-likeness (QED) is 0.170. The predicted octanol–water partition coefficient (Wildman–Crippen LogP) is 6.18. The molecular weight excluding hydrogens is 705 g/mol. The second-order valence-electron chi connectivity index (χ2n) is 13.5. The van der Waals surface area contributed by atoms with Crippen molar-refractivity contribution in [3.8, 4) is 22.9 Å². The van der Waals surface area contributed by atoms with Gasteiger partial charge in [0.05, 0.1) is 0 Å². The molecular formula is C36H38Br2Si4. The van der Waals surface area contributed by atoms with Crippen molar-refractivity contribution in [1.29, 1.82) is 0 Å². The molecule has 0 atom stereocenters. The lowest BCUT2D eigenvalue weighted by Crippen LogP contribution is -2.79. The average molecular weight is 743 g/mol. The Hall–Kier alpha value is -2.17. The third-order valence-corrected chi connectivity index (χ3v) is 23.4. The van der Waals surface area contributed by atoms with Crippen LogP contribution in [0.15, 0.2) is 93.9 Å². The van der Waals surface area contributed by atoms with Gasteiger partial charge in [-0.3, -0.25) is 0 Å². The van der Waals surface area contributed by atoms with E-state index in [1.807, 2.05) is 12.1 Å². The van der Waals surface area contributed by atoms with Gasteiger partial charge in [0.2, 0.25) is 0 Å². The van der Waals surface area contributed by atoms with Crippen molar-refractivity contribution >= 4 is 95.3 Å². The Kier molecular flexibility index (Phi) is 8.48. The first-order chi connectivity index (χ1) is 19.6. The summed E-state index contributed by atoms with van der Waals surface area (Å²) in [7, 11) is -8.05. The zero-order chi connectivity index (χ0) is 30.5. The standard InChI is InChI=1S/C36H38Br2Si4/c1-39(2,21-19-27-15-11-9-12-16-27)31-25-35-33(23-29(31)37)42(7,8)36-26-32(30(38)24-34(36)41(35,5)6)40(3,4)22-20-28-17-13-10-14-18-28/h9-18,23-26H,1-8H3. The van der Waals surface area contributed by atoms with Crippen LogP contribution in [-0.4, -0.2) is 32.3 Å². The smallest absolute Gasteiger partial charge is 0.121 e. The third-order valence-electron chi connectivity index (χ3n) is 8.84. The van der Waals surface area contributed by atoms with E-state index in [9.17, 15) is 0 Å². The van der Waals surface area contributed by atoms with E-state index < -0.39 is 32.3 Å². The molecule has 6 heteroatoms. The summed E-state index contributed by atoms with van der Waals surface area (Å²) in [5.74, 6) is 6.98. The molecule has 0 aromatic heterocycles. The average Bonchev–Trinajstić information content (AvgIpc) is 2.95. The van der Waals surface area contributed by atoms with Gasteiger partial charge in [-0.1, -0.05) is 165 Å². The molecule has 0 fully saturated rings. The summed E-state index contributed by atoms with van der Waals surface area (Å²) < 4.78 is 2.46. The lowest BCUT2D eigenvalue weighted by molar-refractivity contribution is 1.61. The minimum Gasteiger partial charge on any atom is -0.121 e. The number of rotatable bonds is 2. The number of fused-ring (bicyclic) bond motifs is 2. The maximum atomic E-state index is 4.05. The molecule has 0 bridgehead atoms. The van der Waals surface area contributed by atoms with E-state index in [1.165, 1.54) is 19.3 Å². The van der Waals surface area contributed by atoms with Gasteiger partial charge in [0.25, 0.3) is 0 Å². The highest BCUT2D eigenvalue weighted by Crippen LogP contribution is 2.22. The fourth-order valence-corrected chi connectivity index (χ4v) is 23.3. The number of halogens is 2. The summed E-state index contributed by atoms with van der Waals surface area (Å²) in [5.41, 5.74) is 9.64. The molecule has 212 valence electrons. The van der Waals surface area contributed by atoms with Gasteiger partial charge >= 0.3 is 0 Å². The first kappa shape index (κ1) is 31.3. The maximum Gasteiger partial charge on any atom is 0.164 e. The van der Waals surface area contributed by atoms with Crippen molar-refractivity contribution < 1.29 is 0 Å². The van der Waals surface area contributed by atoms with Crippen LogP contribution in [-0.2, 0) is 0 Å². The van der Waals surface area contributed by atoms with Crippen LogP contribution in [0.4, 0.5) is 0 Å². The zero-order valence-electron chi connectivity index (χ0n) is 25.8. The molecule has 0 N–H and O–H groups in total. The Morgan fingerprint density at radius 1 is 0.500 bits per heavy atom. The van der Waals surface area contributed by atoms with Gasteiger partial charge in [0.15, 0.2) is 16.1 Å². The second-order valence-corrected chi connectivity index (χ2v) is 31.9. The van der Waals surface area contributed by atoms with E-state index in [-0.39, 0.29) is 0 Å². The van der Waals surface area contributed by atoms with Crippen molar-refractivity contribution in [3.05, 3.63) is 105 Å². The Bertz CT molecular complexity index is 1670. The van der Waals surface area contributed by atoms with E-state index in [2.05, 4.69) is 180 Å². The highest BCUT2D eigenvalue weighted by Gasteiger charge is 2.46. The van der Waals surface area contributed by atoms with Crippen LogP contribution >= 0.6 is 31.9 Å². The molecule has 1 aliphatic heterocycles. The highest BCUT2D eigenvalue weighted by atomic mass is 79.9. The Morgan fingerprint density at radius 2 is 0.810 bits per heavy atom. The van der Waals surface area contributed by atoms with Crippen molar-refractivity contribution in [2.75, 3.05) is 0 Å². The summed E-state index contributed by atoms with van der Waals surface area (Å²) in [6.07, 6.45) is 0. The van der Waals surface area contributed by atoms with Gasteiger partial charge in [-0.25, -0.2) is 0 Å². The van der Waals surface area contributed by atoms with Crippen molar-refractivity contribution in [3.63, 3.8) is 0 Å². The molecule has 42 heavy (non-hydrogen) atoms. The van der Waals surface area contributed by atoms with Crippen LogP contribution in [0.25, 0.3) is 0 Å². The van der Waals surface area contributed by atoms with Gasteiger partial charge in [0.1, 0.15) is 16.1 Å². The summed E-state index contributed by atoms with van der Waals surface area (Å²) in [6, 6.07) is 30.9. The first-order valence-electron chi connectivity index (χ1n) is 14.5. The molecule has 0 amide bonds. The summed E-state index contributed by atoms with van der Waals surface area (Å²) >= 11 is 8.11. The summed E-state index contributed by atoms with van der Waals surface area (Å²) in [6.45, 7) is 19.7. The monoisotopic (exact) mass is 740 g/mol. The van der Waals surface area contributed by atoms with Gasteiger partial charge in [0, 0.05) is 20.1 Å². The Morgan fingerprint density at radius 3 is 1.14 bits per heavy atom. The van der Waals surface area contributed by atoms with Gasteiger partial charge < -0.3 is 0 Å². The molecule has 0 unspecified atom stereocenters. The number of hydrogen-bond donors (Lipinski definition) is 0. The van der Waals surface area contributed by atoms with Crippen molar-refractivity contribution in [2.24, 2.45) is 0 Å². The molecule has 4 aromatic carbocycles. The Labute approximate surface area is 273 Å². The van der Waals surface area contributed by atoms with Gasteiger partial charge in [-0.05, 0) is 46.8 Å². The minimum atomic E-state index is -2.04. The fourth-order valence-electron chi connectivity index (χ4n) is 6.10. The fraction of sp³-hybridized carbons (Fsp3) is 0.222. The summed E-state index contributed by atoms with van der Waals surface area (Å²) in [5, 5.41) is 9.22. The van der Waals surface area contributed by atoms with Crippen LogP contribution in [0.1, 0.15) is 11.1 Å². The highest BCUT2D eigenvalue weighted by molar-refractivity contribution is 9.11. The lowest BCUT2D eigenvalue weighted by atomic mass is 10.2. The van der Waals surface area contributed by atoms with E-state index in [4.69, 9.17) is 0 Å². The van der Waals surface area contributed by atoms with Gasteiger partial charge in [-0.15, -0.1) is 11.1 Å². The molecule has 4 aromatic rings. The minimum absolute atomic E-state index is 1.09. The van der Waals surface area contributed by atoms with Gasteiger partial charge in [-0.2, -0.15) is 0 Å². The lowest BCUT2D eigenvalue weighted by Gasteiger charge is -2.43. The molecule has 0 saturated carbocycles. The largest absolute Gasteiger partial charge is 0.164 e. The van der Waals surface area contributed by atoms with Crippen molar-refractivity contribution in [2.45, 2.75) is 52.4 Å². The second kappa shape index (κ2) is 11.4. The van der Waals surface area contributed by atoms with Crippen molar-refractivity contribution in [1.82, 2.24) is 0 Å². The molecule has 1 aliphatic rings. The third kappa shape index (κ3) is 5.83. The molecule has 5 rings (SSSR count). The van der Waals surface area contributed by atoms with E-state index in [0.717, 1.165) is 11.1 Å². The number of benzene rings is 4. The topological polar surface area (TPSA) is 0 Å². The SMILES string of the molecule is C[Si](C)(C#Cc1ccccc1)c1cc2c(cc1Br)[Si](C)(C)c1cc([Si](C)(C)C#Cc3ccccc3)c(Br)cc1[Si]2(C)C. The van der Waals surface area contributed by atoms with Crippen LogP contribution in [0, 0.1) is 22.9 Å². The first-order valence-corrected chi connectivity index (χ1v) is 28.1. The van der Waals surface area contributed by atoms with Crippen LogP contribution in [0.5, 0.6) is 0 Å². The van der Waals surface area contributed by atoms with Crippen LogP contribution in [0.3, 0.4) is 0 Å². The van der Waals surface area contributed by atoms with E-state index >= 15 is 0 Å². The molecule has 0 saturated heterocycles. The molecule has 1 heterocycles. The molecule has 0 aliphatic carbocycles. The summed E-state index contributed by atoms with van der Waals surface area (Å²) in [4.78, 5) is 0. The van der Waals surface area contributed by atoms with E-state index in [0.29, 0.717) is 0 Å². The van der Waals surface area contributed by atoms with Crippen LogP contribution < -0.4 is 31.1 Å². The molecule has 0 nitrogen and oxygen atoms in total. The molecule has 0 radical (unpaired) electrons. The number of hydrogen-bond acceptors (Lipinski definition) is 0. The molecule has 0 spiro atoms. The predicted molar refractivity (Wildman–Crippen MR) is 203 cm³/mol. The van der Waals surface area contributed by atoms with E-state index in [1.54, 1.807) is 20.7 Å². The maximum absolute atomic E-state index is 4.05. The Balaban J connectivity index is 1.62.